The van der Waals surface area contributed by atoms with Crippen LogP contribution in [0.3, 0.4) is 0 Å². The van der Waals surface area contributed by atoms with Gasteiger partial charge in [-0.3, -0.25) is 0 Å². The normalized spacial score (nSPS) is 27.4. The third-order valence-corrected chi connectivity index (χ3v) is 5.04. The first-order valence-corrected chi connectivity index (χ1v) is 8.00. The van der Waals surface area contributed by atoms with Crippen LogP contribution in [0.2, 0.25) is 5.15 Å². The summed E-state index contributed by atoms with van der Waals surface area (Å²) < 4.78 is 6.10. The Morgan fingerprint density at radius 2 is 2.15 bits per heavy atom. The van der Waals surface area contributed by atoms with Gasteiger partial charge in [0.05, 0.1) is 11.7 Å². The quantitative estimate of drug-likeness (QED) is 0.842. The molecule has 1 aliphatic heterocycles. The molecule has 0 amide bonds. The largest absolute Gasteiger partial charge is 0.388 e. The number of aromatic nitrogens is 1. The molecule has 2 atom stereocenters. The summed E-state index contributed by atoms with van der Waals surface area (Å²) in [5.41, 5.74) is 0.904. The van der Waals surface area contributed by atoms with E-state index >= 15 is 0 Å². The van der Waals surface area contributed by atoms with Crippen molar-refractivity contribution in [3.05, 3.63) is 29.0 Å². The van der Waals surface area contributed by atoms with Gasteiger partial charge in [0.1, 0.15) is 5.15 Å². The van der Waals surface area contributed by atoms with Crippen LogP contribution in [0.25, 0.3) is 0 Å². The van der Waals surface area contributed by atoms with Crippen molar-refractivity contribution >= 4 is 11.6 Å². The SMILES string of the molecule is OC(c1ccnc(Cl)c1)C1CCOC2(CCCCC2)C1. The number of rotatable bonds is 2. The first-order valence-electron chi connectivity index (χ1n) is 7.62. The van der Waals surface area contributed by atoms with Gasteiger partial charge in [0, 0.05) is 12.8 Å². The standard InChI is InChI=1S/C16H22ClNO2/c17-14-10-12(4-8-18-14)15(19)13-5-9-20-16(11-13)6-2-1-3-7-16/h4,8,10,13,15,19H,1-3,5-7,9,11H2. The molecule has 20 heavy (non-hydrogen) atoms. The fraction of sp³-hybridized carbons (Fsp3) is 0.688. The van der Waals surface area contributed by atoms with Crippen molar-refractivity contribution in [2.75, 3.05) is 6.61 Å². The molecule has 0 bridgehead atoms. The maximum absolute atomic E-state index is 10.6. The lowest BCUT2D eigenvalue weighted by Gasteiger charge is -2.44. The van der Waals surface area contributed by atoms with Gasteiger partial charge in [0.15, 0.2) is 0 Å². The van der Waals surface area contributed by atoms with Crippen molar-refractivity contribution in [2.45, 2.75) is 56.7 Å². The van der Waals surface area contributed by atoms with E-state index in [0.29, 0.717) is 5.15 Å². The predicted octanol–water partition coefficient (Wildman–Crippen LogP) is 3.90. The first-order chi connectivity index (χ1) is 9.69. The van der Waals surface area contributed by atoms with Crippen LogP contribution < -0.4 is 0 Å². The van der Waals surface area contributed by atoms with Gasteiger partial charge in [-0.2, -0.15) is 0 Å². The van der Waals surface area contributed by atoms with Crippen LogP contribution in [0.5, 0.6) is 0 Å². The highest BCUT2D eigenvalue weighted by molar-refractivity contribution is 6.29. The molecule has 1 aliphatic carbocycles. The molecule has 3 rings (SSSR count). The summed E-state index contributed by atoms with van der Waals surface area (Å²) in [6, 6.07) is 3.63. The van der Waals surface area contributed by atoms with Gasteiger partial charge >= 0.3 is 0 Å². The van der Waals surface area contributed by atoms with Gasteiger partial charge < -0.3 is 9.84 Å². The summed E-state index contributed by atoms with van der Waals surface area (Å²) in [6.45, 7) is 0.764. The number of hydrogen-bond acceptors (Lipinski definition) is 3. The maximum atomic E-state index is 10.6. The highest BCUT2D eigenvalue weighted by atomic mass is 35.5. The minimum Gasteiger partial charge on any atom is -0.388 e. The van der Waals surface area contributed by atoms with E-state index in [9.17, 15) is 5.11 Å². The topological polar surface area (TPSA) is 42.4 Å². The summed E-state index contributed by atoms with van der Waals surface area (Å²) in [4.78, 5) is 3.98. The zero-order valence-corrected chi connectivity index (χ0v) is 12.5. The van der Waals surface area contributed by atoms with E-state index in [4.69, 9.17) is 16.3 Å². The lowest BCUT2D eigenvalue weighted by molar-refractivity contribution is -0.134. The van der Waals surface area contributed by atoms with Gasteiger partial charge in [-0.25, -0.2) is 4.98 Å². The van der Waals surface area contributed by atoms with Crippen molar-refractivity contribution in [1.29, 1.82) is 0 Å². The molecule has 4 heteroatoms. The molecule has 0 aromatic carbocycles. The summed E-state index contributed by atoms with van der Waals surface area (Å²) >= 11 is 5.92. The molecular formula is C16H22ClNO2. The second-order valence-corrected chi connectivity index (χ2v) is 6.59. The van der Waals surface area contributed by atoms with E-state index in [0.717, 1.165) is 37.9 Å². The third kappa shape index (κ3) is 3.00. The van der Waals surface area contributed by atoms with Crippen LogP contribution in [0.15, 0.2) is 18.3 Å². The van der Waals surface area contributed by atoms with Crippen LogP contribution in [0, 0.1) is 5.92 Å². The van der Waals surface area contributed by atoms with Gasteiger partial charge in [-0.1, -0.05) is 30.9 Å². The lowest BCUT2D eigenvalue weighted by Crippen LogP contribution is -2.42. The average Bonchev–Trinajstić information content (AvgIpc) is 2.47. The Balaban J connectivity index is 1.73. The lowest BCUT2D eigenvalue weighted by atomic mass is 9.74. The van der Waals surface area contributed by atoms with E-state index in [2.05, 4.69) is 4.98 Å². The minimum absolute atomic E-state index is 0.0268. The number of aliphatic hydroxyl groups excluding tert-OH is 1. The third-order valence-electron chi connectivity index (χ3n) is 4.83. The molecule has 1 saturated heterocycles. The molecule has 110 valence electrons. The molecule has 1 spiro atoms. The molecule has 1 aromatic heterocycles. The number of aliphatic hydroxyl groups is 1. The smallest absolute Gasteiger partial charge is 0.129 e. The first kappa shape index (κ1) is 14.3. The molecule has 2 fully saturated rings. The molecule has 2 heterocycles. The Kier molecular flexibility index (Phi) is 4.29. The molecule has 2 aliphatic rings. The van der Waals surface area contributed by atoms with Crippen LogP contribution in [0.4, 0.5) is 0 Å². The maximum Gasteiger partial charge on any atom is 0.129 e. The van der Waals surface area contributed by atoms with E-state index < -0.39 is 6.10 Å². The van der Waals surface area contributed by atoms with Gasteiger partial charge in [0.25, 0.3) is 0 Å². The Morgan fingerprint density at radius 1 is 1.35 bits per heavy atom. The number of ether oxygens (including phenoxy) is 1. The average molecular weight is 296 g/mol. The van der Waals surface area contributed by atoms with E-state index in [1.54, 1.807) is 12.3 Å². The van der Waals surface area contributed by atoms with Crippen LogP contribution in [0.1, 0.15) is 56.6 Å². The molecular weight excluding hydrogens is 274 g/mol. The summed E-state index contributed by atoms with van der Waals surface area (Å²) in [5.74, 6) is 0.264. The Labute approximate surface area is 125 Å². The number of nitrogens with zero attached hydrogens (tertiary/aromatic N) is 1. The molecule has 3 nitrogen and oxygen atoms in total. The monoisotopic (exact) mass is 295 g/mol. The highest BCUT2D eigenvalue weighted by Gasteiger charge is 2.40. The minimum atomic E-state index is -0.460. The zero-order chi connectivity index (χ0) is 14.0. The fourth-order valence-corrected chi connectivity index (χ4v) is 3.94. The number of pyridine rings is 1. The highest BCUT2D eigenvalue weighted by Crippen LogP contribution is 2.44. The second kappa shape index (κ2) is 6.00. The Hall–Kier alpha value is -0.640. The second-order valence-electron chi connectivity index (χ2n) is 6.20. The van der Waals surface area contributed by atoms with Crippen molar-refractivity contribution in [3.8, 4) is 0 Å². The van der Waals surface area contributed by atoms with Crippen LogP contribution >= 0.6 is 11.6 Å². The fourth-order valence-electron chi connectivity index (χ4n) is 3.75. The number of hydrogen-bond donors (Lipinski definition) is 1. The summed E-state index contributed by atoms with van der Waals surface area (Å²) in [7, 11) is 0. The molecule has 1 saturated carbocycles. The number of halogens is 1. The van der Waals surface area contributed by atoms with E-state index in [-0.39, 0.29) is 11.5 Å². The van der Waals surface area contributed by atoms with Gasteiger partial charge in [0.2, 0.25) is 0 Å². The van der Waals surface area contributed by atoms with Crippen LogP contribution in [-0.2, 0) is 4.74 Å². The summed E-state index contributed by atoms with van der Waals surface area (Å²) in [6.07, 6.45) is 9.21. The van der Waals surface area contributed by atoms with Crippen molar-refractivity contribution in [1.82, 2.24) is 4.98 Å². The van der Waals surface area contributed by atoms with Crippen LogP contribution in [-0.4, -0.2) is 22.3 Å². The van der Waals surface area contributed by atoms with Crippen molar-refractivity contribution < 1.29 is 9.84 Å². The van der Waals surface area contributed by atoms with Crippen molar-refractivity contribution in [2.24, 2.45) is 5.92 Å². The van der Waals surface area contributed by atoms with E-state index in [1.807, 2.05) is 6.07 Å². The molecule has 1 aromatic rings. The van der Waals surface area contributed by atoms with Gasteiger partial charge in [-0.05, 0) is 49.3 Å². The molecule has 2 unspecified atom stereocenters. The predicted molar refractivity (Wildman–Crippen MR) is 78.7 cm³/mol. The van der Waals surface area contributed by atoms with Gasteiger partial charge in [-0.15, -0.1) is 0 Å². The Bertz CT molecular complexity index is 454. The Morgan fingerprint density at radius 3 is 2.90 bits per heavy atom. The van der Waals surface area contributed by atoms with E-state index in [1.165, 1.54) is 19.3 Å². The summed E-state index contributed by atoms with van der Waals surface area (Å²) in [5, 5.41) is 11.1. The molecule has 0 radical (unpaired) electrons. The zero-order valence-electron chi connectivity index (χ0n) is 11.7. The molecule has 1 N–H and O–H groups in total. The van der Waals surface area contributed by atoms with Crippen molar-refractivity contribution in [3.63, 3.8) is 0 Å².